The van der Waals surface area contributed by atoms with E-state index in [1.807, 2.05) is 56.3 Å². The molecule has 0 aliphatic rings. The lowest BCUT2D eigenvalue weighted by atomic mass is 10.0. The molecule has 1 atom stereocenters. The predicted molar refractivity (Wildman–Crippen MR) is 72.5 cm³/mol. The number of amides is 1. The summed E-state index contributed by atoms with van der Waals surface area (Å²) in [6.07, 6.45) is 1.74. The molecule has 2 rings (SSSR count). The topological polar surface area (TPSA) is 42.0 Å². The maximum absolute atomic E-state index is 12.0. The molecule has 3 heteroatoms. The van der Waals surface area contributed by atoms with Crippen molar-refractivity contribution in [2.45, 2.75) is 19.8 Å². The molecule has 2 aromatic rings. The van der Waals surface area contributed by atoms with Crippen LogP contribution in [0, 0.1) is 6.92 Å². The highest BCUT2D eigenvalue weighted by molar-refractivity contribution is 5.94. The maximum atomic E-state index is 12.0. The zero-order chi connectivity index (χ0) is 13.0. The Bertz CT molecular complexity index is 520. The Kier molecular flexibility index (Phi) is 3.72. The molecule has 92 valence electrons. The second-order valence-corrected chi connectivity index (χ2v) is 4.34. The number of nitrogens with one attached hydrogen (secondary N) is 1. The first-order valence-corrected chi connectivity index (χ1v) is 5.95. The summed E-state index contributed by atoms with van der Waals surface area (Å²) in [6.45, 7) is 3.85. The number of anilines is 1. The van der Waals surface area contributed by atoms with Crippen LogP contribution >= 0.6 is 0 Å². The number of rotatable bonds is 3. The lowest BCUT2D eigenvalue weighted by Gasteiger charge is -2.11. The zero-order valence-corrected chi connectivity index (χ0v) is 10.6. The molecule has 18 heavy (non-hydrogen) atoms. The van der Waals surface area contributed by atoms with Gasteiger partial charge in [-0.25, -0.2) is 4.98 Å². The standard InChI is InChI=1S/C15H16N2O/c1-11-8-9-14(16-10-11)17-15(18)12(2)13-6-4-3-5-7-13/h3-10,12H,1-2H3,(H,16,17,18)/t12-/m1/s1. The van der Waals surface area contributed by atoms with Gasteiger partial charge in [-0.2, -0.15) is 0 Å². The Morgan fingerprint density at radius 1 is 1.17 bits per heavy atom. The number of hydrogen-bond acceptors (Lipinski definition) is 2. The molecular formula is C15H16N2O. The molecule has 0 unspecified atom stereocenters. The highest BCUT2D eigenvalue weighted by Crippen LogP contribution is 2.16. The number of carbonyl (C=O) groups is 1. The third kappa shape index (κ3) is 2.94. The van der Waals surface area contributed by atoms with Crippen molar-refractivity contribution in [3.63, 3.8) is 0 Å². The minimum atomic E-state index is -0.186. The van der Waals surface area contributed by atoms with Crippen molar-refractivity contribution in [1.29, 1.82) is 0 Å². The molecule has 0 spiro atoms. The summed E-state index contributed by atoms with van der Waals surface area (Å²) in [5.41, 5.74) is 2.08. The summed E-state index contributed by atoms with van der Waals surface area (Å²) < 4.78 is 0. The second kappa shape index (κ2) is 5.45. The molecule has 0 aliphatic heterocycles. The van der Waals surface area contributed by atoms with Crippen LogP contribution in [0.25, 0.3) is 0 Å². The molecule has 1 amide bonds. The van der Waals surface area contributed by atoms with Gasteiger partial charge in [-0.3, -0.25) is 4.79 Å². The van der Waals surface area contributed by atoms with Crippen molar-refractivity contribution < 1.29 is 4.79 Å². The normalized spacial score (nSPS) is 11.9. The van der Waals surface area contributed by atoms with Gasteiger partial charge in [-0.05, 0) is 31.0 Å². The minimum absolute atomic E-state index is 0.0439. The maximum Gasteiger partial charge on any atom is 0.232 e. The van der Waals surface area contributed by atoms with E-state index >= 15 is 0 Å². The average molecular weight is 240 g/mol. The van der Waals surface area contributed by atoms with E-state index in [0.717, 1.165) is 11.1 Å². The molecule has 1 aromatic heterocycles. The highest BCUT2D eigenvalue weighted by Gasteiger charge is 2.15. The van der Waals surface area contributed by atoms with E-state index in [0.29, 0.717) is 5.82 Å². The van der Waals surface area contributed by atoms with Gasteiger partial charge >= 0.3 is 0 Å². The number of carbonyl (C=O) groups excluding carboxylic acids is 1. The van der Waals surface area contributed by atoms with Crippen LogP contribution < -0.4 is 5.32 Å². The van der Waals surface area contributed by atoms with Gasteiger partial charge < -0.3 is 5.32 Å². The monoisotopic (exact) mass is 240 g/mol. The van der Waals surface area contributed by atoms with Crippen LogP contribution in [-0.2, 0) is 4.79 Å². The first-order valence-electron chi connectivity index (χ1n) is 5.95. The predicted octanol–water partition coefficient (Wildman–Crippen LogP) is 3.13. The SMILES string of the molecule is Cc1ccc(NC(=O)[C@H](C)c2ccccc2)nc1. The van der Waals surface area contributed by atoms with Gasteiger partial charge in [-0.1, -0.05) is 36.4 Å². The van der Waals surface area contributed by atoms with Gasteiger partial charge in [0.25, 0.3) is 0 Å². The number of aryl methyl sites for hydroxylation is 1. The zero-order valence-electron chi connectivity index (χ0n) is 10.6. The van der Waals surface area contributed by atoms with Gasteiger partial charge in [0.2, 0.25) is 5.91 Å². The third-order valence-corrected chi connectivity index (χ3v) is 2.86. The van der Waals surface area contributed by atoms with Gasteiger partial charge in [0.15, 0.2) is 0 Å². The van der Waals surface area contributed by atoms with Crippen molar-refractivity contribution >= 4 is 11.7 Å². The van der Waals surface area contributed by atoms with Crippen LogP contribution in [0.2, 0.25) is 0 Å². The summed E-state index contributed by atoms with van der Waals surface area (Å²) in [7, 11) is 0. The molecule has 1 aromatic carbocycles. The average Bonchev–Trinajstić information content (AvgIpc) is 2.41. The number of aromatic nitrogens is 1. The fourth-order valence-corrected chi connectivity index (χ4v) is 1.67. The molecular weight excluding hydrogens is 224 g/mol. The fraction of sp³-hybridized carbons (Fsp3) is 0.200. The molecule has 0 saturated heterocycles. The van der Waals surface area contributed by atoms with Gasteiger partial charge in [0.1, 0.15) is 5.82 Å². The molecule has 0 fully saturated rings. The Hall–Kier alpha value is -2.16. The Balaban J connectivity index is 2.06. The van der Waals surface area contributed by atoms with Crippen molar-refractivity contribution in [2.24, 2.45) is 0 Å². The summed E-state index contributed by atoms with van der Waals surface area (Å²) in [6, 6.07) is 13.4. The smallest absolute Gasteiger partial charge is 0.232 e. The molecule has 0 saturated carbocycles. The van der Waals surface area contributed by atoms with Crippen molar-refractivity contribution in [3.8, 4) is 0 Å². The Morgan fingerprint density at radius 2 is 1.89 bits per heavy atom. The van der Waals surface area contributed by atoms with Gasteiger partial charge in [-0.15, -0.1) is 0 Å². The number of nitrogens with zero attached hydrogens (tertiary/aromatic N) is 1. The lowest BCUT2D eigenvalue weighted by molar-refractivity contribution is -0.117. The quantitative estimate of drug-likeness (QED) is 0.895. The molecule has 0 radical (unpaired) electrons. The van der Waals surface area contributed by atoms with E-state index in [1.54, 1.807) is 6.20 Å². The van der Waals surface area contributed by atoms with E-state index in [-0.39, 0.29) is 11.8 Å². The summed E-state index contributed by atoms with van der Waals surface area (Å²) in [5, 5.41) is 2.82. The number of hydrogen-bond donors (Lipinski definition) is 1. The number of benzene rings is 1. The third-order valence-electron chi connectivity index (χ3n) is 2.86. The van der Waals surface area contributed by atoms with E-state index in [2.05, 4.69) is 10.3 Å². The fourth-order valence-electron chi connectivity index (χ4n) is 1.67. The van der Waals surface area contributed by atoms with Crippen LogP contribution in [0.5, 0.6) is 0 Å². The van der Waals surface area contributed by atoms with Gasteiger partial charge in [0, 0.05) is 6.20 Å². The van der Waals surface area contributed by atoms with Crippen LogP contribution in [0.4, 0.5) is 5.82 Å². The Labute approximate surface area is 107 Å². The van der Waals surface area contributed by atoms with Crippen molar-refractivity contribution in [1.82, 2.24) is 4.98 Å². The molecule has 0 bridgehead atoms. The van der Waals surface area contributed by atoms with Crippen LogP contribution in [0.1, 0.15) is 24.0 Å². The minimum Gasteiger partial charge on any atom is -0.310 e. The molecule has 0 aliphatic carbocycles. The second-order valence-electron chi connectivity index (χ2n) is 4.34. The number of pyridine rings is 1. The molecule has 1 N–H and O–H groups in total. The van der Waals surface area contributed by atoms with Gasteiger partial charge in [0.05, 0.1) is 5.92 Å². The summed E-state index contributed by atoms with van der Waals surface area (Å²) in [5.74, 6) is 0.361. The lowest BCUT2D eigenvalue weighted by Crippen LogP contribution is -2.19. The first kappa shape index (κ1) is 12.3. The first-order chi connectivity index (χ1) is 8.66. The summed E-state index contributed by atoms with van der Waals surface area (Å²) >= 11 is 0. The van der Waals surface area contributed by atoms with E-state index in [9.17, 15) is 4.79 Å². The van der Waals surface area contributed by atoms with Crippen molar-refractivity contribution in [2.75, 3.05) is 5.32 Å². The van der Waals surface area contributed by atoms with Crippen LogP contribution in [0.15, 0.2) is 48.7 Å². The molecule has 1 heterocycles. The molecule has 3 nitrogen and oxygen atoms in total. The van der Waals surface area contributed by atoms with E-state index < -0.39 is 0 Å². The van der Waals surface area contributed by atoms with Crippen LogP contribution in [-0.4, -0.2) is 10.9 Å². The van der Waals surface area contributed by atoms with E-state index in [4.69, 9.17) is 0 Å². The largest absolute Gasteiger partial charge is 0.310 e. The van der Waals surface area contributed by atoms with E-state index in [1.165, 1.54) is 0 Å². The highest BCUT2D eigenvalue weighted by atomic mass is 16.1. The Morgan fingerprint density at radius 3 is 2.50 bits per heavy atom. The van der Waals surface area contributed by atoms with Crippen molar-refractivity contribution in [3.05, 3.63) is 59.8 Å². The summed E-state index contributed by atoms with van der Waals surface area (Å²) in [4.78, 5) is 16.2. The van der Waals surface area contributed by atoms with Crippen LogP contribution in [0.3, 0.4) is 0 Å².